The maximum absolute atomic E-state index is 12.1. The second-order valence-electron chi connectivity index (χ2n) is 14.1. The third-order valence-corrected chi connectivity index (χ3v) is 9.20. The van der Waals surface area contributed by atoms with Gasteiger partial charge in [0.1, 0.15) is 17.3 Å². The summed E-state index contributed by atoms with van der Waals surface area (Å²) in [6.45, 7) is 14.3. The van der Waals surface area contributed by atoms with E-state index in [9.17, 15) is 4.39 Å². The van der Waals surface area contributed by atoms with Gasteiger partial charge in [-0.3, -0.25) is 0 Å². The summed E-state index contributed by atoms with van der Waals surface area (Å²) in [5.41, 5.74) is 11.3. The van der Waals surface area contributed by atoms with Crippen molar-refractivity contribution >= 4 is 27.5 Å². The van der Waals surface area contributed by atoms with Crippen LogP contribution < -0.4 is 4.74 Å². The summed E-state index contributed by atoms with van der Waals surface area (Å²) in [5, 5.41) is 9.56. The van der Waals surface area contributed by atoms with Crippen LogP contribution in [0.1, 0.15) is 38.9 Å². The molecule has 0 atom stereocenters. The number of aryl methyl sites for hydroxylation is 7. The molecule has 0 aliphatic rings. The van der Waals surface area contributed by atoms with Gasteiger partial charge < -0.3 is 9.84 Å². The van der Waals surface area contributed by atoms with Crippen LogP contribution in [0, 0.1) is 54.3 Å². The first-order chi connectivity index (χ1) is 29.2. The van der Waals surface area contributed by atoms with E-state index in [1.165, 1.54) is 56.6 Å². The van der Waals surface area contributed by atoms with Gasteiger partial charge >= 0.3 is 0 Å². The SMILES string of the molecule is COc1ccc(C)cc1.Cc1ccc(-c2ccccc2)cc1.Cc1ccc(Br)cc1.Cc1ccc(Cl)cc1.Cc1ccc(F)cc1.Cc1ccc(O)cc1.Cc1ccccc1. The molecule has 0 amide bonds. The zero-order valence-corrected chi connectivity index (χ0v) is 39.0. The molecule has 0 aromatic heterocycles. The van der Waals surface area contributed by atoms with Crippen molar-refractivity contribution in [2.75, 3.05) is 7.11 Å². The van der Waals surface area contributed by atoms with Gasteiger partial charge in [0, 0.05) is 9.50 Å². The van der Waals surface area contributed by atoms with Crippen molar-refractivity contribution in [3.63, 3.8) is 0 Å². The minimum atomic E-state index is -0.171. The first-order valence-electron chi connectivity index (χ1n) is 19.9. The Labute approximate surface area is 378 Å². The van der Waals surface area contributed by atoms with E-state index in [1.807, 2.05) is 118 Å². The van der Waals surface area contributed by atoms with Crippen molar-refractivity contribution in [3.8, 4) is 22.6 Å². The molecular weight excluding hydrogens is 839 g/mol. The topological polar surface area (TPSA) is 29.5 Å². The number of phenols is 1. The molecule has 0 spiro atoms. The van der Waals surface area contributed by atoms with Gasteiger partial charge in [-0.25, -0.2) is 4.39 Å². The lowest BCUT2D eigenvalue weighted by atomic mass is 10.0. The van der Waals surface area contributed by atoms with Crippen LogP contribution in [0.2, 0.25) is 5.02 Å². The van der Waals surface area contributed by atoms with Crippen LogP contribution in [0.15, 0.2) is 211 Å². The number of ether oxygens (including phenoxy) is 1. The molecule has 0 saturated heterocycles. The Hall–Kier alpha value is -5.94. The Morgan fingerprint density at radius 3 is 1.03 bits per heavy atom. The second-order valence-corrected chi connectivity index (χ2v) is 15.5. The van der Waals surface area contributed by atoms with E-state index < -0.39 is 0 Å². The standard InChI is InChI=1S/C13H12.C8H10O.C7H7Br.C7H7Cl.C7H7F.C7H8O.C7H8/c1-11-7-9-13(10-8-11)12-5-3-2-4-6-12;1-7-3-5-8(9-2)6-4-7;4*1-6-2-4-7(8)5-3-6;1-7-5-3-2-4-6-7/h2-10H,1H3;3-6H,1-2H3;3*2-5H,1H3;2-5,8H,1H3;2-6H,1H3. The first kappa shape index (κ1) is 51.2. The van der Waals surface area contributed by atoms with Crippen LogP contribution >= 0.6 is 27.5 Å². The number of aromatic hydroxyl groups is 1. The normalized spacial score (nSPS) is 9.30. The summed E-state index contributed by atoms with van der Waals surface area (Å²) in [4.78, 5) is 0. The highest BCUT2D eigenvalue weighted by atomic mass is 79.9. The molecule has 0 heterocycles. The molecule has 0 unspecified atom stereocenters. The molecule has 0 saturated carbocycles. The van der Waals surface area contributed by atoms with Gasteiger partial charge in [0.2, 0.25) is 0 Å². The summed E-state index contributed by atoms with van der Waals surface area (Å²) >= 11 is 8.96. The minimum absolute atomic E-state index is 0.171. The van der Waals surface area contributed by atoms with Gasteiger partial charge in [-0.2, -0.15) is 0 Å². The van der Waals surface area contributed by atoms with Crippen LogP contribution in [0.3, 0.4) is 0 Å². The third kappa shape index (κ3) is 25.3. The van der Waals surface area contributed by atoms with Crippen LogP contribution in [-0.2, 0) is 0 Å². The number of halogens is 3. The van der Waals surface area contributed by atoms with E-state index in [1.54, 1.807) is 31.4 Å². The Balaban J connectivity index is 0.000000248. The first-order valence-corrected chi connectivity index (χ1v) is 21.1. The van der Waals surface area contributed by atoms with Crippen LogP contribution in [0.5, 0.6) is 11.5 Å². The zero-order valence-electron chi connectivity index (χ0n) is 36.6. The lowest BCUT2D eigenvalue weighted by Gasteiger charge is -2.00. The number of benzene rings is 8. The Bertz CT molecular complexity index is 2020. The molecule has 0 aliphatic heterocycles. The molecule has 0 bridgehead atoms. The number of rotatable bonds is 2. The fraction of sp³-hybridized carbons (Fsp3) is 0.143. The molecule has 8 aromatic carbocycles. The summed E-state index contributed by atoms with van der Waals surface area (Å²) < 4.78 is 18.2. The van der Waals surface area contributed by atoms with Crippen LogP contribution in [-0.4, -0.2) is 12.2 Å². The highest BCUT2D eigenvalue weighted by Gasteiger charge is 1.94. The monoisotopic (exact) mass is 896 g/mol. The maximum atomic E-state index is 12.1. The second kappa shape index (κ2) is 30.1. The predicted molar refractivity (Wildman–Crippen MR) is 265 cm³/mol. The molecule has 0 aliphatic carbocycles. The molecule has 2 nitrogen and oxygen atoms in total. The van der Waals surface area contributed by atoms with Crippen molar-refractivity contribution in [3.05, 3.63) is 261 Å². The summed E-state index contributed by atoms with van der Waals surface area (Å²) in [6, 6.07) is 66.7. The zero-order chi connectivity index (χ0) is 44.8. The molecule has 0 radical (unpaired) electrons. The lowest BCUT2D eigenvalue weighted by molar-refractivity contribution is 0.414. The number of hydrogen-bond acceptors (Lipinski definition) is 2. The van der Waals surface area contributed by atoms with Crippen molar-refractivity contribution in [2.24, 2.45) is 0 Å². The van der Waals surface area contributed by atoms with Crippen molar-refractivity contribution in [1.82, 2.24) is 0 Å². The highest BCUT2D eigenvalue weighted by molar-refractivity contribution is 9.10. The quantitative estimate of drug-likeness (QED) is 0.187. The summed E-state index contributed by atoms with van der Waals surface area (Å²) in [6.07, 6.45) is 0. The van der Waals surface area contributed by atoms with E-state index in [2.05, 4.69) is 116 Å². The molecule has 0 fully saturated rings. The molecule has 8 rings (SSSR count). The van der Waals surface area contributed by atoms with E-state index in [4.69, 9.17) is 21.4 Å². The van der Waals surface area contributed by atoms with Gasteiger partial charge in [0.15, 0.2) is 0 Å². The van der Waals surface area contributed by atoms with Crippen LogP contribution in [0.4, 0.5) is 4.39 Å². The highest BCUT2D eigenvalue weighted by Crippen LogP contribution is 2.19. The minimum Gasteiger partial charge on any atom is -0.508 e. The molecule has 1 N–H and O–H groups in total. The van der Waals surface area contributed by atoms with Crippen molar-refractivity contribution in [1.29, 1.82) is 0 Å². The van der Waals surface area contributed by atoms with E-state index in [0.29, 0.717) is 5.75 Å². The van der Waals surface area contributed by atoms with Crippen molar-refractivity contribution in [2.45, 2.75) is 48.5 Å². The fourth-order valence-electron chi connectivity index (χ4n) is 4.73. The van der Waals surface area contributed by atoms with Gasteiger partial charge in [-0.05, 0) is 120 Å². The summed E-state index contributed by atoms with van der Waals surface area (Å²) in [7, 11) is 1.67. The average molecular weight is 898 g/mol. The van der Waals surface area contributed by atoms with E-state index >= 15 is 0 Å². The number of phenolic OH excluding ortho intramolecular Hbond substituents is 1. The Kier molecular flexibility index (Phi) is 25.3. The largest absolute Gasteiger partial charge is 0.508 e. The molecule has 5 heteroatoms. The Morgan fingerprint density at radius 1 is 0.393 bits per heavy atom. The van der Waals surface area contributed by atoms with Gasteiger partial charge in [-0.1, -0.05) is 212 Å². The van der Waals surface area contributed by atoms with E-state index in [-0.39, 0.29) is 5.82 Å². The number of hydrogen-bond donors (Lipinski definition) is 1. The van der Waals surface area contributed by atoms with E-state index in [0.717, 1.165) is 20.8 Å². The molecule has 316 valence electrons. The van der Waals surface area contributed by atoms with Crippen LogP contribution in [0.25, 0.3) is 11.1 Å². The summed E-state index contributed by atoms with van der Waals surface area (Å²) in [5.74, 6) is 1.08. The molecule has 8 aromatic rings. The van der Waals surface area contributed by atoms with Gasteiger partial charge in [0.05, 0.1) is 7.11 Å². The van der Waals surface area contributed by atoms with Gasteiger partial charge in [0.25, 0.3) is 0 Å². The molecular formula is C56H59BrClFO2. The van der Waals surface area contributed by atoms with Gasteiger partial charge in [-0.15, -0.1) is 0 Å². The fourth-order valence-corrected chi connectivity index (χ4v) is 5.12. The Morgan fingerprint density at radius 2 is 0.705 bits per heavy atom. The average Bonchev–Trinajstić information content (AvgIpc) is 3.27. The molecule has 61 heavy (non-hydrogen) atoms. The predicted octanol–water partition coefficient (Wildman–Crippen LogP) is 16.9. The number of methoxy groups -OCH3 is 1. The lowest BCUT2D eigenvalue weighted by Crippen LogP contribution is -1.80. The smallest absolute Gasteiger partial charge is 0.123 e. The third-order valence-electron chi connectivity index (χ3n) is 8.42. The van der Waals surface area contributed by atoms with Crippen molar-refractivity contribution < 1.29 is 14.2 Å². The maximum Gasteiger partial charge on any atom is 0.123 e.